The van der Waals surface area contributed by atoms with E-state index in [9.17, 15) is 17.6 Å². The molecule has 1 fully saturated rings. The number of benzene rings is 1. The summed E-state index contributed by atoms with van der Waals surface area (Å²) in [7, 11) is 0.0107. The van der Waals surface area contributed by atoms with Crippen molar-refractivity contribution in [3.05, 3.63) is 29.6 Å². The summed E-state index contributed by atoms with van der Waals surface area (Å²) in [5.74, 6) is -0.241. The van der Waals surface area contributed by atoms with Crippen LogP contribution in [0.4, 0.5) is 4.39 Å². The first-order chi connectivity index (χ1) is 10.3. The molecule has 0 N–H and O–H groups in total. The van der Waals surface area contributed by atoms with Gasteiger partial charge in [0.25, 0.3) is 0 Å². The van der Waals surface area contributed by atoms with Crippen molar-refractivity contribution in [2.45, 2.75) is 25.3 Å². The van der Waals surface area contributed by atoms with Gasteiger partial charge < -0.3 is 9.64 Å². The van der Waals surface area contributed by atoms with Crippen LogP contribution in [-0.4, -0.2) is 50.9 Å². The highest BCUT2D eigenvalue weighted by molar-refractivity contribution is 7.91. The summed E-state index contributed by atoms with van der Waals surface area (Å²) in [6, 6.07) is 4.36. The second-order valence-corrected chi connectivity index (χ2v) is 7.76. The van der Waals surface area contributed by atoms with Crippen molar-refractivity contribution >= 4 is 15.7 Å². The number of hydrogen-bond acceptors (Lipinski definition) is 4. The van der Waals surface area contributed by atoms with Crippen LogP contribution >= 0.6 is 0 Å². The van der Waals surface area contributed by atoms with E-state index in [1.807, 2.05) is 0 Å². The third kappa shape index (κ3) is 3.97. The maximum atomic E-state index is 13.6. The molecule has 1 amide bonds. The number of ether oxygens (including phenoxy) is 1. The normalized spacial score (nSPS) is 19.9. The van der Waals surface area contributed by atoms with Gasteiger partial charge in [-0.25, -0.2) is 12.8 Å². The number of aryl methyl sites for hydroxylation is 1. The summed E-state index contributed by atoms with van der Waals surface area (Å²) in [4.78, 5) is 13.6. The molecule has 0 aromatic heterocycles. The highest BCUT2D eigenvalue weighted by Gasteiger charge is 2.32. The standard InChI is InChI=1S/C15H20FNO4S/c1-17(12-7-8-22(19,20)10-12)15(18)6-4-11-3-5-14(21-2)13(16)9-11/h3,5,9,12H,4,6-8,10H2,1-2H3/t12-/m1/s1. The summed E-state index contributed by atoms with van der Waals surface area (Å²) in [6.07, 6.45) is 1.12. The molecule has 0 spiro atoms. The van der Waals surface area contributed by atoms with Gasteiger partial charge in [-0.15, -0.1) is 0 Å². The number of sulfone groups is 1. The third-order valence-electron chi connectivity index (χ3n) is 3.99. The van der Waals surface area contributed by atoms with Crippen LogP contribution in [0.1, 0.15) is 18.4 Å². The van der Waals surface area contributed by atoms with Gasteiger partial charge in [0.1, 0.15) is 0 Å². The fraction of sp³-hybridized carbons (Fsp3) is 0.533. The quantitative estimate of drug-likeness (QED) is 0.819. The summed E-state index contributed by atoms with van der Waals surface area (Å²) in [5.41, 5.74) is 0.707. The number of amides is 1. The molecule has 1 heterocycles. The zero-order valence-electron chi connectivity index (χ0n) is 12.7. The highest BCUT2D eigenvalue weighted by Crippen LogP contribution is 2.20. The molecule has 0 bridgehead atoms. The van der Waals surface area contributed by atoms with E-state index in [0.29, 0.717) is 18.4 Å². The number of hydrogen-bond donors (Lipinski definition) is 0. The Hall–Kier alpha value is -1.63. The van der Waals surface area contributed by atoms with Gasteiger partial charge in [-0.05, 0) is 30.5 Å². The largest absolute Gasteiger partial charge is 0.494 e. The number of methoxy groups -OCH3 is 1. The van der Waals surface area contributed by atoms with Crippen molar-refractivity contribution in [2.24, 2.45) is 0 Å². The van der Waals surface area contributed by atoms with Crippen LogP contribution in [0.3, 0.4) is 0 Å². The Bertz CT molecular complexity index is 660. The minimum absolute atomic E-state index is 0.0341. The number of halogens is 1. The van der Waals surface area contributed by atoms with E-state index in [-0.39, 0.29) is 35.6 Å². The molecular weight excluding hydrogens is 309 g/mol. The number of carbonyl (C=O) groups excluding carboxylic acids is 1. The molecule has 1 aliphatic heterocycles. The molecule has 5 nitrogen and oxygen atoms in total. The summed E-state index contributed by atoms with van der Waals surface area (Å²) in [5, 5.41) is 0. The summed E-state index contributed by atoms with van der Waals surface area (Å²) >= 11 is 0. The minimum atomic E-state index is -3.01. The Morgan fingerprint density at radius 2 is 2.18 bits per heavy atom. The molecule has 122 valence electrons. The van der Waals surface area contributed by atoms with Crippen LogP contribution in [-0.2, 0) is 21.1 Å². The minimum Gasteiger partial charge on any atom is -0.494 e. The first kappa shape index (κ1) is 16.7. The molecule has 0 aliphatic carbocycles. The first-order valence-corrected chi connectivity index (χ1v) is 8.93. The van der Waals surface area contributed by atoms with Crippen LogP contribution in [0.2, 0.25) is 0 Å². The van der Waals surface area contributed by atoms with Gasteiger partial charge in [0.05, 0.1) is 18.6 Å². The van der Waals surface area contributed by atoms with Crippen LogP contribution in [0.5, 0.6) is 5.75 Å². The van der Waals surface area contributed by atoms with Crippen LogP contribution in [0.15, 0.2) is 18.2 Å². The van der Waals surface area contributed by atoms with Gasteiger partial charge in [0.15, 0.2) is 21.4 Å². The summed E-state index contributed by atoms with van der Waals surface area (Å²) < 4.78 is 41.3. The van der Waals surface area contributed by atoms with E-state index >= 15 is 0 Å². The van der Waals surface area contributed by atoms with Crippen molar-refractivity contribution in [3.63, 3.8) is 0 Å². The van der Waals surface area contributed by atoms with E-state index in [1.165, 1.54) is 24.1 Å². The zero-order valence-corrected chi connectivity index (χ0v) is 13.5. The Morgan fingerprint density at radius 1 is 1.45 bits per heavy atom. The molecule has 0 saturated carbocycles. The second-order valence-electron chi connectivity index (χ2n) is 5.53. The third-order valence-corrected chi connectivity index (χ3v) is 5.74. The van der Waals surface area contributed by atoms with Gasteiger partial charge in [-0.1, -0.05) is 6.07 Å². The molecule has 1 aromatic rings. The van der Waals surface area contributed by atoms with Crippen LogP contribution in [0, 0.1) is 5.82 Å². The van der Waals surface area contributed by atoms with E-state index < -0.39 is 15.7 Å². The molecular formula is C15H20FNO4S. The van der Waals surface area contributed by atoms with Crippen molar-refractivity contribution in [2.75, 3.05) is 25.7 Å². The van der Waals surface area contributed by atoms with Gasteiger partial charge >= 0.3 is 0 Å². The molecule has 1 aromatic carbocycles. The predicted molar refractivity (Wildman–Crippen MR) is 81.1 cm³/mol. The smallest absolute Gasteiger partial charge is 0.222 e. The number of rotatable bonds is 5. The maximum absolute atomic E-state index is 13.6. The molecule has 1 atom stereocenters. The monoisotopic (exact) mass is 329 g/mol. The van der Waals surface area contributed by atoms with Gasteiger partial charge in [-0.2, -0.15) is 0 Å². The predicted octanol–water partition coefficient (Wildman–Crippen LogP) is 1.41. The van der Waals surface area contributed by atoms with Gasteiger partial charge in [0.2, 0.25) is 5.91 Å². The topological polar surface area (TPSA) is 63.7 Å². The van der Waals surface area contributed by atoms with E-state index in [1.54, 1.807) is 13.1 Å². The lowest BCUT2D eigenvalue weighted by Gasteiger charge is -2.23. The molecule has 0 radical (unpaired) electrons. The van der Waals surface area contributed by atoms with E-state index in [0.717, 1.165) is 0 Å². The Labute approximate surface area is 130 Å². The van der Waals surface area contributed by atoms with Crippen molar-refractivity contribution in [1.29, 1.82) is 0 Å². The Kier molecular flexibility index (Phi) is 5.05. The molecule has 7 heteroatoms. The fourth-order valence-electron chi connectivity index (χ4n) is 2.58. The van der Waals surface area contributed by atoms with E-state index in [2.05, 4.69) is 0 Å². The lowest BCUT2D eigenvalue weighted by Crippen LogP contribution is -2.37. The van der Waals surface area contributed by atoms with E-state index in [4.69, 9.17) is 4.74 Å². The fourth-order valence-corrected chi connectivity index (χ4v) is 4.35. The molecule has 0 unspecified atom stereocenters. The van der Waals surface area contributed by atoms with Crippen LogP contribution < -0.4 is 4.74 Å². The molecule has 1 saturated heterocycles. The zero-order chi connectivity index (χ0) is 16.3. The Morgan fingerprint density at radius 3 is 2.73 bits per heavy atom. The first-order valence-electron chi connectivity index (χ1n) is 7.11. The van der Waals surface area contributed by atoms with Gasteiger partial charge in [-0.3, -0.25) is 4.79 Å². The lowest BCUT2D eigenvalue weighted by atomic mass is 10.1. The van der Waals surface area contributed by atoms with Crippen molar-refractivity contribution < 1.29 is 22.3 Å². The molecule has 1 aliphatic rings. The van der Waals surface area contributed by atoms with Gasteiger partial charge in [0, 0.05) is 19.5 Å². The van der Waals surface area contributed by atoms with Crippen LogP contribution in [0.25, 0.3) is 0 Å². The Balaban J connectivity index is 1.91. The number of nitrogens with zero attached hydrogens (tertiary/aromatic N) is 1. The second kappa shape index (κ2) is 6.64. The number of carbonyl (C=O) groups is 1. The average molecular weight is 329 g/mol. The van der Waals surface area contributed by atoms with Crippen molar-refractivity contribution in [1.82, 2.24) is 4.90 Å². The average Bonchev–Trinajstić information content (AvgIpc) is 2.84. The highest BCUT2D eigenvalue weighted by atomic mass is 32.2. The SMILES string of the molecule is COc1ccc(CCC(=O)N(C)[C@@H]2CCS(=O)(=O)C2)cc1F. The summed E-state index contributed by atoms with van der Waals surface area (Å²) in [6.45, 7) is 0. The molecule has 22 heavy (non-hydrogen) atoms. The lowest BCUT2D eigenvalue weighted by molar-refractivity contribution is -0.131. The molecule has 2 rings (SSSR count). The maximum Gasteiger partial charge on any atom is 0.222 e. The van der Waals surface area contributed by atoms with Crippen molar-refractivity contribution in [3.8, 4) is 5.75 Å².